The van der Waals surface area contributed by atoms with E-state index in [2.05, 4.69) is 20.8 Å². The fourth-order valence-corrected chi connectivity index (χ4v) is 1.49. The van der Waals surface area contributed by atoms with Gasteiger partial charge in [-0.1, -0.05) is 41.0 Å². The number of amides is 1. The van der Waals surface area contributed by atoms with Crippen LogP contribution in [-0.4, -0.2) is 24.4 Å². The SMILES string of the molecule is CC.CCC(C)C(C)CCCN(C)C(C)=O. The molecule has 0 saturated carbocycles. The maximum Gasteiger partial charge on any atom is 0.219 e. The highest BCUT2D eigenvalue weighted by Crippen LogP contribution is 2.19. The average Bonchev–Trinajstić information content (AvgIpc) is 2.30. The largest absolute Gasteiger partial charge is 0.346 e. The van der Waals surface area contributed by atoms with Crippen LogP contribution in [0, 0.1) is 11.8 Å². The molecule has 0 aromatic rings. The molecule has 0 aliphatic heterocycles. The highest BCUT2D eigenvalue weighted by atomic mass is 16.2. The van der Waals surface area contributed by atoms with E-state index in [0.717, 1.165) is 24.8 Å². The summed E-state index contributed by atoms with van der Waals surface area (Å²) in [6.07, 6.45) is 3.61. The summed E-state index contributed by atoms with van der Waals surface area (Å²) in [6.45, 7) is 13.4. The van der Waals surface area contributed by atoms with Crippen molar-refractivity contribution in [2.75, 3.05) is 13.6 Å². The van der Waals surface area contributed by atoms with E-state index in [9.17, 15) is 4.79 Å². The predicted molar refractivity (Wildman–Crippen MR) is 72.5 cm³/mol. The highest BCUT2D eigenvalue weighted by molar-refractivity contribution is 5.72. The third kappa shape index (κ3) is 8.75. The summed E-state index contributed by atoms with van der Waals surface area (Å²) in [6, 6.07) is 0. The zero-order valence-corrected chi connectivity index (χ0v) is 12.3. The molecular weight excluding hydrogens is 198 g/mol. The molecule has 0 rings (SSSR count). The van der Waals surface area contributed by atoms with Gasteiger partial charge < -0.3 is 4.90 Å². The Hall–Kier alpha value is -0.530. The maximum atomic E-state index is 10.9. The van der Waals surface area contributed by atoms with Crippen molar-refractivity contribution in [3.63, 3.8) is 0 Å². The molecule has 2 heteroatoms. The molecule has 0 bridgehead atoms. The van der Waals surface area contributed by atoms with Crippen LogP contribution in [-0.2, 0) is 4.79 Å². The van der Waals surface area contributed by atoms with Crippen molar-refractivity contribution in [2.45, 2.75) is 60.8 Å². The Bertz CT molecular complexity index is 168. The van der Waals surface area contributed by atoms with Crippen LogP contribution in [0.25, 0.3) is 0 Å². The molecule has 1 amide bonds. The second kappa shape index (κ2) is 11.0. The molecule has 0 aliphatic rings. The van der Waals surface area contributed by atoms with Crippen molar-refractivity contribution < 1.29 is 4.79 Å². The zero-order chi connectivity index (χ0) is 13.1. The van der Waals surface area contributed by atoms with Crippen molar-refractivity contribution >= 4 is 5.91 Å². The van der Waals surface area contributed by atoms with Gasteiger partial charge in [-0.2, -0.15) is 0 Å². The third-order valence-electron chi connectivity index (χ3n) is 3.31. The van der Waals surface area contributed by atoms with Gasteiger partial charge in [0, 0.05) is 20.5 Å². The van der Waals surface area contributed by atoms with Crippen LogP contribution in [0.2, 0.25) is 0 Å². The first kappa shape index (κ1) is 17.9. The molecule has 0 aromatic carbocycles. The zero-order valence-electron chi connectivity index (χ0n) is 12.3. The number of nitrogens with zero attached hydrogens (tertiary/aromatic N) is 1. The summed E-state index contributed by atoms with van der Waals surface area (Å²) in [5.41, 5.74) is 0. The van der Waals surface area contributed by atoms with Gasteiger partial charge in [0.1, 0.15) is 0 Å². The number of hydrogen-bond donors (Lipinski definition) is 0. The van der Waals surface area contributed by atoms with Crippen molar-refractivity contribution in [1.29, 1.82) is 0 Å². The molecule has 0 heterocycles. The molecule has 16 heavy (non-hydrogen) atoms. The molecule has 98 valence electrons. The lowest BCUT2D eigenvalue weighted by Gasteiger charge is -2.20. The molecule has 0 fully saturated rings. The van der Waals surface area contributed by atoms with E-state index in [4.69, 9.17) is 0 Å². The van der Waals surface area contributed by atoms with Crippen molar-refractivity contribution in [3.8, 4) is 0 Å². The lowest BCUT2D eigenvalue weighted by Crippen LogP contribution is -2.25. The Morgan fingerprint density at radius 3 is 2.06 bits per heavy atom. The van der Waals surface area contributed by atoms with Gasteiger partial charge in [0.05, 0.1) is 0 Å². The van der Waals surface area contributed by atoms with Crippen molar-refractivity contribution in [1.82, 2.24) is 4.90 Å². The topological polar surface area (TPSA) is 20.3 Å². The van der Waals surface area contributed by atoms with Gasteiger partial charge in [0.25, 0.3) is 0 Å². The van der Waals surface area contributed by atoms with Crippen molar-refractivity contribution in [2.24, 2.45) is 11.8 Å². The summed E-state index contributed by atoms with van der Waals surface area (Å²) in [5, 5.41) is 0. The Labute approximate surface area is 102 Å². The van der Waals surface area contributed by atoms with Crippen LogP contribution in [0.1, 0.15) is 60.8 Å². The molecular formula is C14H31NO. The minimum Gasteiger partial charge on any atom is -0.346 e. The van der Waals surface area contributed by atoms with Gasteiger partial charge in [-0.25, -0.2) is 0 Å². The van der Waals surface area contributed by atoms with Crippen LogP contribution in [0.3, 0.4) is 0 Å². The average molecular weight is 229 g/mol. The molecule has 2 unspecified atom stereocenters. The van der Waals surface area contributed by atoms with Gasteiger partial charge in [0.15, 0.2) is 0 Å². The molecule has 0 aliphatic carbocycles. The van der Waals surface area contributed by atoms with E-state index in [-0.39, 0.29) is 5.91 Å². The number of hydrogen-bond acceptors (Lipinski definition) is 1. The Morgan fingerprint density at radius 1 is 1.19 bits per heavy atom. The van der Waals surface area contributed by atoms with Gasteiger partial charge in [-0.15, -0.1) is 0 Å². The lowest BCUT2D eigenvalue weighted by atomic mass is 9.90. The summed E-state index contributed by atoms with van der Waals surface area (Å²) in [4.78, 5) is 12.7. The first-order valence-electron chi connectivity index (χ1n) is 6.70. The summed E-state index contributed by atoms with van der Waals surface area (Å²) < 4.78 is 0. The van der Waals surface area contributed by atoms with E-state index in [1.54, 1.807) is 11.8 Å². The quantitative estimate of drug-likeness (QED) is 0.675. The Morgan fingerprint density at radius 2 is 1.69 bits per heavy atom. The molecule has 2 nitrogen and oxygen atoms in total. The van der Waals surface area contributed by atoms with E-state index < -0.39 is 0 Å². The van der Waals surface area contributed by atoms with Gasteiger partial charge >= 0.3 is 0 Å². The number of carbonyl (C=O) groups is 1. The number of rotatable bonds is 6. The highest BCUT2D eigenvalue weighted by Gasteiger charge is 2.10. The fraction of sp³-hybridized carbons (Fsp3) is 0.929. The lowest BCUT2D eigenvalue weighted by molar-refractivity contribution is -0.127. The molecule has 0 saturated heterocycles. The normalized spacial score (nSPS) is 13.4. The van der Waals surface area contributed by atoms with Crippen LogP contribution in [0.5, 0.6) is 0 Å². The monoisotopic (exact) mass is 229 g/mol. The summed E-state index contributed by atoms with van der Waals surface area (Å²) in [7, 11) is 1.87. The smallest absolute Gasteiger partial charge is 0.219 e. The second-order valence-electron chi connectivity index (χ2n) is 4.45. The minimum absolute atomic E-state index is 0.168. The number of carbonyl (C=O) groups excluding carboxylic acids is 1. The summed E-state index contributed by atoms with van der Waals surface area (Å²) >= 11 is 0. The molecule has 0 aromatic heterocycles. The first-order chi connectivity index (χ1) is 7.49. The molecule has 0 radical (unpaired) electrons. The van der Waals surface area contributed by atoms with Gasteiger partial charge in [-0.3, -0.25) is 4.79 Å². The predicted octanol–water partition coefficient (Wildman–Crippen LogP) is 3.95. The van der Waals surface area contributed by atoms with Gasteiger partial charge in [-0.05, 0) is 24.7 Å². The standard InChI is InChI=1S/C12H25NO.C2H6/c1-6-10(2)11(3)8-7-9-13(5)12(4)14;1-2/h10-11H,6-9H2,1-5H3;1-2H3. The van der Waals surface area contributed by atoms with Gasteiger partial charge in [0.2, 0.25) is 5.91 Å². The van der Waals surface area contributed by atoms with Crippen LogP contribution in [0.15, 0.2) is 0 Å². The van der Waals surface area contributed by atoms with Crippen LogP contribution in [0.4, 0.5) is 0 Å². The van der Waals surface area contributed by atoms with Crippen LogP contribution >= 0.6 is 0 Å². The maximum absolute atomic E-state index is 10.9. The minimum atomic E-state index is 0.168. The third-order valence-corrected chi connectivity index (χ3v) is 3.31. The Balaban J connectivity index is 0. The van der Waals surface area contributed by atoms with E-state index in [1.807, 2.05) is 20.9 Å². The molecule has 0 spiro atoms. The fourth-order valence-electron chi connectivity index (χ4n) is 1.49. The van der Waals surface area contributed by atoms with E-state index in [1.165, 1.54) is 12.8 Å². The van der Waals surface area contributed by atoms with E-state index >= 15 is 0 Å². The first-order valence-corrected chi connectivity index (χ1v) is 6.70. The van der Waals surface area contributed by atoms with Crippen LogP contribution < -0.4 is 0 Å². The molecule has 0 N–H and O–H groups in total. The van der Waals surface area contributed by atoms with E-state index in [0.29, 0.717) is 0 Å². The Kier molecular flexibility index (Phi) is 12.2. The summed E-state index contributed by atoms with van der Waals surface area (Å²) in [5.74, 6) is 1.75. The van der Waals surface area contributed by atoms with Crippen molar-refractivity contribution in [3.05, 3.63) is 0 Å². The second-order valence-corrected chi connectivity index (χ2v) is 4.45. The molecule has 2 atom stereocenters.